The van der Waals surface area contributed by atoms with E-state index >= 15 is 0 Å². The zero-order chi connectivity index (χ0) is 13.1. The van der Waals surface area contributed by atoms with Crippen LogP contribution in [0.4, 0.5) is 10.1 Å². The molecule has 0 unspecified atom stereocenters. The summed E-state index contributed by atoms with van der Waals surface area (Å²) in [6, 6.07) is 6.99. The number of hydrogen-bond acceptors (Lipinski definition) is 2. The highest BCUT2D eigenvalue weighted by Gasteiger charge is 2.10. The van der Waals surface area contributed by atoms with Gasteiger partial charge in [-0.2, -0.15) is 0 Å². The summed E-state index contributed by atoms with van der Waals surface area (Å²) >= 11 is 5.59. The van der Waals surface area contributed by atoms with E-state index in [9.17, 15) is 14.0 Å². The number of aromatic amines is 1. The van der Waals surface area contributed by atoms with E-state index in [1.165, 1.54) is 30.5 Å². The lowest BCUT2D eigenvalue weighted by Crippen LogP contribution is -2.16. The van der Waals surface area contributed by atoms with Gasteiger partial charge in [0.1, 0.15) is 10.8 Å². The first-order valence-electron chi connectivity index (χ1n) is 5.02. The molecule has 1 aromatic heterocycles. The van der Waals surface area contributed by atoms with Crippen LogP contribution < -0.4 is 10.9 Å². The molecule has 0 radical (unpaired) electrons. The molecule has 0 aliphatic rings. The van der Waals surface area contributed by atoms with E-state index in [-0.39, 0.29) is 16.3 Å². The predicted molar refractivity (Wildman–Crippen MR) is 66.4 cm³/mol. The lowest BCUT2D eigenvalue weighted by molar-refractivity contribution is 0.102. The molecule has 0 saturated heterocycles. The highest BCUT2D eigenvalue weighted by Crippen LogP contribution is 2.14. The van der Waals surface area contributed by atoms with E-state index in [0.29, 0.717) is 0 Å². The maximum absolute atomic E-state index is 13.3. The van der Waals surface area contributed by atoms with Gasteiger partial charge in [-0.15, -0.1) is 0 Å². The molecule has 92 valence electrons. The number of amides is 1. The van der Waals surface area contributed by atoms with Crippen LogP contribution >= 0.6 is 11.6 Å². The lowest BCUT2D eigenvalue weighted by Gasteiger charge is -2.05. The van der Waals surface area contributed by atoms with Gasteiger partial charge in [0.2, 0.25) is 0 Å². The fourth-order valence-electron chi connectivity index (χ4n) is 1.34. The van der Waals surface area contributed by atoms with Gasteiger partial charge in [-0.3, -0.25) is 9.59 Å². The number of H-pyrrole nitrogens is 1. The van der Waals surface area contributed by atoms with Crippen LogP contribution in [0.3, 0.4) is 0 Å². The maximum atomic E-state index is 13.3. The van der Waals surface area contributed by atoms with Crippen molar-refractivity contribution in [3.05, 3.63) is 63.3 Å². The Morgan fingerprint density at radius 3 is 2.72 bits per heavy atom. The Kier molecular flexibility index (Phi) is 3.43. The molecule has 4 nitrogen and oxygen atoms in total. The fourth-order valence-corrected chi connectivity index (χ4v) is 1.52. The van der Waals surface area contributed by atoms with E-state index in [4.69, 9.17) is 11.6 Å². The molecule has 0 saturated carbocycles. The average molecular weight is 267 g/mol. The molecule has 0 atom stereocenters. The summed E-state index contributed by atoms with van der Waals surface area (Å²) < 4.78 is 13.3. The van der Waals surface area contributed by atoms with E-state index in [2.05, 4.69) is 10.3 Å². The van der Waals surface area contributed by atoms with Crippen molar-refractivity contribution < 1.29 is 9.18 Å². The van der Waals surface area contributed by atoms with Gasteiger partial charge in [-0.1, -0.05) is 23.7 Å². The predicted octanol–water partition coefficient (Wildman–Crippen LogP) is 2.42. The van der Waals surface area contributed by atoms with Crippen molar-refractivity contribution in [2.45, 2.75) is 0 Å². The SMILES string of the molecule is O=C(Nc1ccccc1F)c1c[nH]c(=O)c(Cl)c1. The van der Waals surface area contributed by atoms with Crippen LogP contribution in [0.15, 0.2) is 41.3 Å². The van der Waals surface area contributed by atoms with E-state index in [1.54, 1.807) is 6.07 Å². The zero-order valence-corrected chi connectivity index (χ0v) is 9.79. The Morgan fingerprint density at radius 1 is 1.33 bits per heavy atom. The van der Waals surface area contributed by atoms with Gasteiger partial charge in [0.05, 0.1) is 11.3 Å². The summed E-state index contributed by atoms with van der Waals surface area (Å²) in [5.41, 5.74) is -0.285. The maximum Gasteiger partial charge on any atom is 0.266 e. The summed E-state index contributed by atoms with van der Waals surface area (Å²) in [6.07, 6.45) is 1.21. The molecule has 0 aliphatic heterocycles. The van der Waals surface area contributed by atoms with E-state index in [0.717, 1.165) is 0 Å². The van der Waals surface area contributed by atoms with E-state index < -0.39 is 17.3 Å². The molecule has 6 heteroatoms. The monoisotopic (exact) mass is 266 g/mol. The van der Waals surface area contributed by atoms with Crippen molar-refractivity contribution in [3.8, 4) is 0 Å². The van der Waals surface area contributed by atoms with Crippen molar-refractivity contribution in [3.63, 3.8) is 0 Å². The van der Waals surface area contributed by atoms with Crippen LogP contribution in [0, 0.1) is 5.82 Å². The summed E-state index contributed by atoms with van der Waals surface area (Å²) in [5, 5.41) is 2.28. The molecule has 1 heterocycles. The van der Waals surface area contributed by atoms with Gasteiger partial charge in [0.25, 0.3) is 11.5 Å². The van der Waals surface area contributed by atoms with Gasteiger partial charge >= 0.3 is 0 Å². The number of carbonyl (C=O) groups is 1. The molecule has 1 amide bonds. The minimum atomic E-state index is -0.557. The third kappa shape index (κ3) is 2.57. The number of anilines is 1. The standard InChI is InChI=1S/C12H8ClFN2O2/c13-8-5-7(6-15-12(8)18)11(17)16-10-4-2-1-3-9(10)14/h1-6H,(H,15,18)(H,16,17). The largest absolute Gasteiger partial charge is 0.327 e. The first kappa shape index (κ1) is 12.3. The second kappa shape index (κ2) is 5.01. The lowest BCUT2D eigenvalue weighted by atomic mass is 10.2. The number of para-hydroxylation sites is 1. The highest BCUT2D eigenvalue weighted by molar-refractivity contribution is 6.30. The zero-order valence-electron chi connectivity index (χ0n) is 9.04. The van der Waals surface area contributed by atoms with Gasteiger partial charge < -0.3 is 10.3 Å². The molecule has 0 fully saturated rings. The number of aromatic nitrogens is 1. The first-order valence-corrected chi connectivity index (χ1v) is 5.40. The molecule has 18 heavy (non-hydrogen) atoms. The molecule has 2 aromatic rings. The Hall–Kier alpha value is -2.14. The topological polar surface area (TPSA) is 62.0 Å². The van der Waals surface area contributed by atoms with Crippen LogP contribution in [-0.2, 0) is 0 Å². The number of benzene rings is 1. The summed E-state index contributed by atoms with van der Waals surface area (Å²) in [4.78, 5) is 25.1. The van der Waals surface area contributed by atoms with Crippen molar-refractivity contribution in [1.29, 1.82) is 0 Å². The molecule has 2 N–H and O–H groups in total. The second-order valence-corrected chi connectivity index (χ2v) is 3.91. The molecular formula is C12H8ClFN2O2. The minimum Gasteiger partial charge on any atom is -0.327 e. The number of halogens is 2. The smallest absolute Gasteiger partial charge is 0.266 e. The third-order valence-electron chi connectivity index (χ3n) is 2.24. The molecule has 0 bridgehead atoms. The van der Waals surface area contributed by atoms with Crippen LogP contribution in [0.25, 0.3) is 0 Å². The summed E-state index contributed by atoms with van der Waals surface area (Å²) in [5.74, 6) is -1.10. The van der Waals surface area contributed by atoms with Gasteiger partial charge in [-0.25, -0.2) is 4.39 Å². The summed E-state index contributed by atoms with van der Waals surface area (Å²) in [7, 11) is 0. The van der Waals surface area contributed by atoms with Crippen LogP contribution in [-0.4, -0.2) is 10.9 Å². The van der Waals surface area contributed by atoms with Gasteiger partial charge in [-0.05, 0) is 18.2 Å². The first-order chi connectivity index (χ1) is 8.58. The Labute approximate surface area is 106 Å². The van der Waals surface area contributed by atoms with Gasteiger partial charge in [0, 0.05) is 6.20 Å². The van der Waals surface area contributed by atoms with Crippen LogP contribution in [0.1, 0.15) is 10.4 Å². The Bertz CT molecular complexity index is 655. The third-order valence-corrected chi connectivity index (χ3v) is 2.52. The highest BCUT2D eigenvalue weighted by atomic mass is 35.5. The molecular weight excluding hydrogens is 259 g/mol. The Balaban J connectivity index is 2.25. The number of carbonyl (C=O) groups excluding carboxylic acids is 1. The average Bonchev–Trinajstić information content (AvgIpc) is 2.35. The van der Waals surface area contributed by atoms with Gasteiger partial charge in [0.15, 0.2) is 0 Å². The molecule has 0 spiro atoms. The number of hydrogen-bond donors (Lipinski definition) is 2. The molecule has 2 rings (SSSR count). The molecule has 0 aliphatic carbocycles. The number of rotatable bonds is 2. The second-order valence-electron chi connectivity index (χ2n) is 3.50. The van der Waals surface area contributed by atoms with Crippen LogP contribution in [0.5, 0.6) is 0 Å². The number of pyridine rings is 1. The van der Waals surface area contributed by atoms with Crippen molar-refractivity contribution >= 4 is 23.2 Å². The van der Waals surface area contributed by atoms with E-state index in [1.807, 2.05) is 0 Å². The van der Waals surface area contributed by atoms with Crippen molar-refractivity contribution in [2.75, 3.05) is 5.32 Å². The quantitative estimate of drug-likeness (QED) is 0.877. The van der Waals surface area contributed by atoms with Crippen molar-refractivity contribution in [2.24, 2.45) is 0 Å². The Morgan fingerprint density at radius 2 is 2.06 bits per heavy atom. The molecule has 1 aromatic carbocycles. The number of nitrogens with one attached hydrogen (secondary N) is 2. The van der Waals surface area contributed by atoms with Crippen molar-refractivity contribution in [1.82, 2.24) is 4.98 Å². The minimum absolute atomic E-state index is 0.0600. The fraction of sp³-hybridized carbons (Fsp3) is 0. The summed E-state index contributed by atoms with van der Waals surface area (Å²) in [6.45, 7) is 0. The normalized spacial score (nSPS) is 10.1. The van der Waals surface area contributed by atoms with Crippen LogP contribution in [0.2, 0.25) is 5.02 Å².